The van der Waals surface area contributed by atoms with E-state index < -0.39 is 0 Å². The lowest BCUT2D eigenvalue weighted by Crippen LogP contribution is -2.22. The smallest absolute Gasteiger partial charge is 0.193 e. The summed E-state index contributed by atoms with van der Waals surface area (Å²) in [6.45, 7) is 4.59. The summed E-state index contributed by atoms with van der Waals surface area (Å²) in [6, 6.07) is 8.01. The molecule has 1 aromatic heterocycles. The number of anilines is 1. The van der Waals surface area contributed by atoms with Gasteiger partial charge in [-0.25, -0.2) is 9.98 Å². The summed E-state index contributed by atoms with van der Waals surface area (Å²) >= 11 is 1.64. The zero-order chi connectivity index (χ0) is 13.0. The van der Waals surface area contributed by atoms with E-state index in [1.54, 1.807) is 11.3 Å². The molecule has 94 valence electrons. The Morgan fingerprint density at radius 3 is 2.67 bits per heavy atom. The fourth-order valence-corrected chi connectivity index (χ4v) is 2.16. The molecule has 0 aliphatic rings. The minimum Gasteiger partial charge on any atom is -0.370 e. The van der Waals surface area contributed by atoms with E-state index in [0.29, 0.717) is 12.5 Å². The van der Waals surface area contributed by atoms with Crippen LogP contribution >= 0.6 is 11.3 Å². The molecule has 2 rings (SSSR count). The van der Waals surface area contributed by atoms with E-state index in [2.05, 4.69) is 15.3 Å². The quantitative estimate of drug-likeness (QED) is 0.659. The second-order valence-electron chi connectivity index (χ2n) is 4.06. The molecule has 1 aromatic carbocycles. The Bertz CT molecular complexity index is 542. The molecule has 4 nitrogen and oxygen atoms in total. The Morgan fingerprint density at radius 2 is 2.06 bits per heavy atom. The van der Waals surface area contributed by atoms with Gasteiger partial charge in [0, 0.05) is 16.8 Å². The number of nitrogens with two attached hydrogens (primary N) is 1. The van der Waals surface area contributed by atoms with Crippen molar-refractivity contribution in [3.8, 4) is 0 Å². The Labute approximate surface area is 111 Å². The van der Waals surface area contributed by atoms with Crippen LogP contribution < -0.4 is 11.1 Å². The van der Waals surface area contributed by atoms with Gasteiger partial charge in [-0.15, -0.1) is 11.3 Å². The highest BCUT2D eigenvalue weighted by atomic mass is 32.1. The van der Waals surface area contributed by atoms with E-state index >= 15 is 0 Å². The molecule has 0 radical (unpaired) electrons. The van der Waals surface area contributed by atoms with Gasteiger partial charge < -0.3 is 11.1 Å². The van der Waals surface area contributed by atoms with Crippen molar-refractivity contribution in [3.63, 3.8) is 0 Å². The molecular weight excluding hydrogens is 244 g/mol. The maximum absolute atomic E-state index is 5.81. The summed E-state index contributed by atoms with van der Waals surface area (Å²) < 4.78 is 0. The zero-order valence-corrected chi connectivity index (χ0v) is 11.3. The highest BCUT2D eigenvalue weighted by Gasteiger charge is 1.98. The first kappa shape index (κ1) is 12.6. The largest absolute Gasteiger partial charge is 0.370 e. The van der Waals surface area contributed by atoms with Crippen LogP contribution in [0, 0.1) is 13.8 Å². The highest BCUT2D eigenvalue weighted by molar-refractivity contribution is 7.11. The van der Waals surface area contributed by atoms with Crippen molar-refractivity contribution in [1.29, 1.82) is 0 Å². The molecule has 3 N–H and O–H groups in total. The van der Waals surface area contributed by atoms with Gasteiger partial charge in [-0.3, -0.25) is 0 Å². The van der Waals surface area contributed by atoms with Crippen LogP contribution in [-0.4, -0.2) is 10.9 Å². The summed E-state index contributed by atoms with van der Waals surface area (Å²) in [6.07, 6.45) is 1.85. The van der Waals surface area contributed by atoms with Crippen LogP contribution in [0.25, 0.3) is 0 Å². The molecule has 2 aromatic rings. The lowest BCUT2D eigenvalue weighted by atomic mass is 10.2. The third-order valence-electron chi connectivity index (χ3n) is 2.38. The van der Waals surface area contributed by atoms with Crippen LogP contribution in [0.3, 0.4) is 0 Å². The number of rotatable bonds is 3. The Hall–Kier alpha value is -1.88. The Balaban J connectivity index is 1.95. The Kier molecular flexibility index (Phi) is 3.94. The number of aliphatic imine (C=N–C) groups is 1. The van der Waals surface area contributed by atoms with Crippen molar-refractivity contribution >= 4 is 23.0 Å². The van der Waals surface area contributed by atoms with Gasteiger partial charge in [-0.05, 0) is 26.0 Å². The number of thiazole rings is 1. The number of nitrogens with zero attached hydrogens (tertiary/aromatic N) is 2. The lowest BCUT2D eigenvalue weighted by molar-refractivity contribution is 1.03. The molecule has 0 saturated carbocycles. The van der Waals surface area contributed by atoms with Crippen LogP contribution in [0.5, 0.6) is 0 Å². The van der Waals surface area contributed by atoms with Gasteiger partial charge in [0.2, 0.25) is 0 Å². The maximum atomic E-state index is 5.81. The number of hydrogen-bond donors (Lipinski definition) is 2. The van der Waals surface area contributed by atoms with Gasteiger partial charge in [0.1, 0.15) is 5.01 Å². The van der Waals surface area contributed by atoms with Crippen LogP contribution in [0.15, 0.2) is 35.5 Å². The normalized spacial score (nSPS) is 11.6. The van der Waals surface area contributed by atoms with E-state index in [1.165, 1.54) is 10.4 Å². The lowest BCUT2D eigenvalue weighted by Gasteiger charge is -2.05. The molecule has 0 bridgehead atoms. The fourth-order valence-electron chi connectivity index (χ4n) is 1.45. The summed E-state index contributed by atoms with van der Waals surface area (Å²) in [5.41, 5.74) is 7.97. The molecule has 5 heteroatoms. The summed E-state index contributed by atoms with van der Waals surface area (Å²) in [5.74, 6) is 0.409. The topological polar surface area (TPSA) is 63.3 Å². The average Bonchev–Trinajstić information content (AvgIpc) is 2.76. The molecule has 0 spiro atoms. The third-order valence-corrected chi connectivity index (χ3v) is 3.28. The molecule has 0 saturated heterocycles. The van der Waals surface area contributed by atoms with Gasteiger partial charge in [0.25, 0.3) is 0 Å². The standard InChI is InChI=1S/C13H16N4S/c1-9-3-5-11(6-4-9)17-13(14)16-8-12-15-7-10(2)18-12/h3-7H,8H2,1-2H3,(H3,14,16,17). The van der Waals surface area contributed by atoms with Crippen LogP contribution in [0.4, 0.5) is 5.69 Å². The summed E-state index contributed by atoms with van der Waals surface area (Å²) in [5, 5.41) is 4.02. The number of nitrogens with one attached hydrogen (secondary N) is 1. The van der Waals surface area contributed by atoms with Crippen molar-refractivity contribution in [2.75, 3.05) is 5.32 Å². The first-order valence-corrected chi connectivity index (χ1v) is 6.50. The molecule has 18 heavy (non-hydrogen) atoms. The van der Waals surface area contributed by atoms with Gasteiger partial charge in [0.15, 0.2) is 5.96 Å². The predicted molar refractivity (Wildman–Crippen MR) is 77.0 cm³/mol. The zero-order valence-electron chi connectivity index (χ0n) is 10.5. The average molecular weight is 260 g/mol. The van der Waals surface area contributed by atoms with E-state index in [1.807, 2.05) is 44.3 Å². The predicted octanol–water partition coefficient (Wildman–Crippen LogP) is 2.69. The molecule has 1 heterocycles. The molecule has 0 atom stereocenters. The number of aryl methyl sites for hydroxylation is 2. The van der Waals surface area contributed by atoms with Crippen LogP contribution in [0.1, 0.15) is 15.4 Å². The summed E-state index contributed by atoms with van der Waals surface area (Å²) in [4.78, 5) is 9.68. The van der Waals surface area contributed by atoms with Gasteiger partial charge >= 0.3 is 0 Å². The summed E-state index contributed by atoms with van der Waals surface area (Å²) in [7, 11) is 0. The monoisotopic (exact) mass is 260 g/mol. The molecule has 0 amide bonds. The fraction of sp³-hybridized carbons (Fsp3) is 0.231. The van der Waals surface area contributed by atoms with E-state index in [-0.39, 0.29) is 0 Å². The van der Waals surface area contributed by atoms with Crippen molar-refractivity contribution in [1.82, 2.24) is 4.98 Å². The minimum atomic E-state index is 0.409. The molecule has 0 aliphatic heterocycles. The Morgan fingerprint density at radius 1 is 1.33 bits per heavy atom. The molecule has 0 aliphatic carbocycles. The van der Waals surface area contributed by atoms with E-state index in [0.717, 1.165) is 10.7 Å². The van der Waals surface area contributed by atoms with Crippen molar-refractivity contribution in [2.45, 2.75) is 20.4 Å². The third kappa shape index (κ3) is 3.56. The number of benzene rings is 1. The van der Waals surface area contributed by atoms with Crippen molar-refractivity contribution in [3.05, 3.63) is 45.9 Å². The molecule has 0 fully saturated rings. The van der Waals surface area contributed by atoms with Gasteiger partial charge in [0.05, 0.1) is 6.54 Å². The van der Waals surface area contributed by atoms with Gasteiger partial charge in [-0.1, -0.05) is 17.7 Å². The second kappa shape index (κ2) is 5.64. The minimum absolute atomic E-state index is 0.409. The first-order chi connectivity index (χ1) is 8.63. The first-order valence-electron chi connectivity index (χ1n) is 5.68. The van der Waals surface area contributed by atoms with Crippen molar-refractivity contribution < 1.29 is 0 Å². The van der Waals surface area contributed by atoms with Crippen LogP contribution in [0.2, 0.25) is 0 Å². The number of aromatic nitrogens is 1. The van der Waals surface area contributed by atoms with Gasteiger partial charge in [-0.2, -0.15) is 0 Å². The highest BCUT2D eigenvalue weighted by Crippen LogP contribution is 2.12. The van der Waals surface area contributed by atoms with E-state index in [9.17, 15) is 0 Å². The molecule has 0 unspecified atom stereocenters. The SMILES string of the molecule is Cc1ccc(NC(N)=NCc2ncc(C)s2)cc1. The number of hydrogen-bond acceptors (Lipinski definition) is 3. The number of guanidine groups is 1. The van der Waals surface area contributed by atoms with Crippen LogP contribution in [-0.2, 0) is 6.54 Å². The van der Waals surface area contributed by atoms with E-state index in [4.69, 9.17) is 5.73 Å². The molecular formula is C13H16N4S. The van der Waals surface area contributed by atoms with Crippen molar-refractivity contribution in [2.24, 2.45) is 10.7 Å². The maximum Gasteiger partial charge on any atom is 0.193 e. The second-order valence-corrected chi connectivity index (χ2v) is 5.38.